The molecule has 0 saturated carbocycles. The predicted octanol–water partition coefficient (Wildman–Crippen LogP) is 2.42. The number of rotatable bonds is 5. The standard InChI is InChI=1S/C13H14F3NO4/c1-7(2)10(12(19)20)17-11(18)8-3-5-9(6-4-8)21-13(14,15)16/h3-7,10H,1-2H3,(H,17,18)(H,19,20)/t10-/m0/s1. The lowest BCUT2D eigenvalue weighted by Crippen LogP contribution is -2.44. The van der Waals surface area contributed by atoms with Gasteiger partial charge < -0.3 is 15.2 Å². The summed E-state index contributed by atoms with van der Waals surface area (Å²) in [6.07, 6.45) is -4.81. The van der Waals surface area contributed by atoms with Crippen molar-refractivity contribution in [2.45, 2.75) is 26.3 Å². The first-order valence-corrected chi connectivity index (χ1v) is 5.99. The molecule has 1 amide bonds. The molecule has 8 heteroatoms. The number of ether oxygens (including phenoxy) is 1. The van der Waals surface area contributed by atoms with Crippen LogP contribution in [0.15, 0.2) is 24.3 Å². The number of hydrogen-bond acceptors (Lipinski definition) is 3. The molecule has 0 heterocycles. The predicted molar refractivity (Wildman–Crippen MR) is 66.9 cm³/mol. The van der Waals surface area contributed by atoms with Crippen LogP contribution in [0.4, 0.5) is 13.2 Å². The minimum atomic E-state index is -4.81. The molecule has 0 aliphatic heterocycles. The topological polar surface area (TPSA) is 75.6 Å². The van der Waals surface area contributed by atoms with Gasteiger partial charge in [0.15, 0.2) is 0 Å². The van der Waals surface area contributed by atoms with Crippen LogP contribution in [0.1, 0.15) is 24.2 Å². The first-order chi connectivity index (χ1) is 9.60. The quantitative estimate of drug-likeness (QED) is 0.876. The van der Waals surface area contributed by atoms with E-state index in [9.17, 15) is 22.8 Å². The first-order valence-electron chi connectivity index (χ1n) is 5.99. The molecule has 0 radical (unpaired) electrons. The van der Waals surface area contributed by atoms with Crippen LogP contribution in [0.25, 0.3) is 0 Å². The number of nitrogens with one attached hydrogen (secondary N) is 1. The fourth-order valence-electron chi connectivity index (χ4n) is 1.55. The lowest BCUT2D eigenvalue weighted by atomic mass is 10.0. The Morgan fingerprint density at radius 1 is 1.19 bits per heavy atom. The fourth-order valence-corrected chi connectivity index (χ4v) is 1.55. The van der Waals surface area contributed by atoms with Gasteiger partial charge in [-0.2, -0.15) is 0 Å². The Hall–Kier alpha value is -2.25. The number of benzene rings is 1. The smallest absolute Gasteiger partial charge is 0.480 e. The maximum atomic E-state index is 12.0. The molecule has 5 nitrogen and oxygen atoms in total. The number of hydrogen-bond donors (Lipinski definition) is 2. The average Bonchev–Trinajstić information content (AvgIpc) is 2.33. The molecule has 0 fully saturated rings. The molecule has 2 N–H and O–H groups in total. The maximum Gasteiger partial charge on any atom is 0.573 e. The van der Waals surface area contributed by atoms with Gasteiger partial charge in [0.2, 0.25) is 0 Å². The summed E-state index contributed by atoms with van der Waals surface area (Å²) in [7, 11) is 0. The molecule has 0 spiro atoms. The van der Waals surface area contributed by atoms with Crippen molar-refractivity contribution in [1.82, 2.24) is 5.32 Å². The third-order valence-electron chi connectivity index (χ3n) is 2.57. The Kier molecular flexibility index (Phi) is 5.17. The van der Waals surface area contributed by atoms with Gasteiger partial charge in [0, 0.05) is 5.56 Å². The van der Waals surface area contributed by atoms with Crippen LogP contribution in [-0.4, -0.2) is 29.4 Å². The van der Waals surface area contributed by atoms with Crippen LogP contribution >= 0.6 is 0 Å². The van der Waals surface area contributed by atoms with Crippen molar-refractivity contribution in [3.63, 3.8) is 0 Å². The second-order valence-corrected chi connectivity index (χ2v) is 4.61. The zero-order valence-corrected chi connectivity index (χ0v) is 11.3. The molecule has 1 atom stereocenters. The molecule has 1 aromatic carbocycles. The third-order valence-corrected chi connectivity index (χ3v) is 2.57. The SMILES string of the molecule is CC(C)[C@H](NC(=O)c1ccc(OC(F)(F)F)cc1)C(=O)O. The summed E-state index contributed by atoms with van der Waals surface area (Å²) in [5, 5.41) is 11.2. The number of carboxylic acids is 1. The van der Waals surface area contributed by atoms with Gasteiger partial charge in [0.25, 0.3) is 5.91 Å². The highest BCUT2D eigenvalue weighted by molar-refractivity contribution is 5.96. The highest BCUT2D eigenvalue weighted by Gasteiger charge is 2.31. The monoisotopic (exact) mass is 305 g/mol. The molecular formula is C13H14F3NO4. The van der Waals surface area contributed by atoms with Crippen molar-refractivity contribution in [3.05, 3.63) is 29.8 Å². The summed E-state index contributed by atoms with van der Waals surface area (Å²) < 4.78 is 39.6. The fraction of sp³-hybridized carbons (Fsp3) is 0.385. The highest BCUT2D eigenvalue weighted by Crippen LogP contribution is 2.22. The second-order valence-electron chi connectivity index (χ2n) is 4.61. The third kappa shape index (κ3) is 5.33. The van der Waals surface area contributed by atoms with Gasteiger partial charge in [-0.25, -0.2) is 4.79 Å². The van der Waals surface area contributed by atoms with E-state index < -0.39 is 30.0 Å². The van der Waals surface area contributed by atoms with Crippen LogP contribution in [0, 0.1) is 5.92 Å². The zero-order valence-electron chi connectivity index (χ0n) is 11.3. The Bertz CT molecular complexity index is 511. The highest BCUT2D eigenvalue weighted by atomic mass is 19.4. The van der Waals surface area contributed by atoms with E-state index in [2.05, 4.69) is 10.1 Å². The molecule has 1 aromatic rings. The van der Waals surface area contributed by atoms with E-state index in [-0.39, 0.29) is 11.5 Å². The Balaban J connectivity index is 2.77. The number of carboxylic acid groups (broad SMARTS) is 1. The number of halogens is 3. The van der Waals surface area contributed by atoms with Crippen molar-refractivity contribution in [1.29, 1.82) is 0 Å². The van der Waals surface area contributed by atoms with Crippen LogP contribution in [0.3, 0.4) is 0 Å². The van der Waals surface area contributed by atoms with Gasteiger partial charge in [-0.1, -0.05) is 13.8 Å². The number of alkyl halides is 3. The van der Waals surface area contributed by atoms with E-state index in [4.69, 9.17) is 5.11 Å². The molecule has 0 unspecified atom stereocenters. The van der Waals surface area contributed by atoms with Crippen LogP contribution in [0.2, 0.25) is 0 Å². The molecule has 0 aliphatic rings. The molecule has 1 rings (SSSR count). The van der Waals surface area contributed by atoms with E-state index >= 15 is 0 Å². The molecule has 116 valence electrons. The number of aliphatic carboxylic acids is 1. The molecule has 0 aromatic heterocycles. The minimum Gasteiger partial charge on any atom is -0.480 e. The summed E-state index contributed by atoms with van der Waals surface area (Å²) >= 11 is 0. The largest absolute Gasteiger partial charge is 0.573 e. The normalized spacial score (nSPS) is 12.9. The molecule has 21 heavy (non-hydrogen) atoms. The molecular weight excluding hydrogens is 291 g/mol. The van der Waals surface area contributed by atoms with E-state index in [1.165, 1.54) is 0 Å². The number of carbonyl (C=O) groups excluding carboxylic acids is 1. The van der Waals surface area contributed by atoms with Gasteiger partial charge in [-0.05, 0) is 30.2 Å². The molecule has 0 aliphatic carbocycles. The van der Waals surface area contributed by atoms with Crippen molar-refractivity contribution in [2.24, 2.45) is 5.92 Å². The summed E-state index contributed by atoms with van der Waals surface area (Å²) in [6.45, 7) is 3.25. The second kappa shape index (κ2) is 6.47. The summed E-state index contributed by atoms with van der Waals surface area (Å²) in [5.74, 6) is -2.66. The van der Waals surface area contributed by atoms with E-state index in [1.807, 2.05) is 0 Å². The number of carbonyl (C=O) groups is 2. The van der Waals surface area contributed by atoms with Crippen LogP contribution in [0.5, 0.6) is 5.75 Å². The summed E-state index contributed by atoms with van der Waals surface area (Å²) in [5.41, 5.74) is 0.0384. The van der Waals surface area contributed by atoms with Gasteiger partial charge in [0.1, 0.15) is 11.8 Å². The summed E-state index contributed by atoms with van der Waals surface area (Å²) in [6, 6.07) is 3.12. The lowest BCUT2D eigenvalue weighted by molar-refractivity contribution is -0.274. The Morgan fingerprint density at radius 2 is 1.71 bits per heavy atom. The average molecular weight is 305 g/mol. The van der Waals surface area contributed by atoms with E-state index in [0.29, 0.717) is 0 Å². The van der Waals surface area contributed by atoms with Crippen molar-refractivity contribution in [3.8, 4) is 5.75 Å². The molecule has 0 bridgehead atoms. The first kappa shape index (κ1) is 16.8. The summed E-state index contributed by atoms with van der Waals surface area (Å²) in [4.78, 5) is 22.8. The Labute approximate surface area is 118 Å². The van der Waals surface area contributed by atoms with Gasteiger partial charge in [-0.15, -0.1) is 13.2 Å². The zero-order chi connectivity index (χ0) is 16.2. The van der Waals surface area contributed by atoms with Crippen LogP contribution in [-0.2, 0) is 4.79 Å². The van der Waals surface area contributed by atoms with Crippen molar-refractivity contribution in [2.75, 3.05) is 0 Å². The van der Waals surface area contributed by atoms with Crippen molar-refractivity contribution >= 4 is 11.9 Å². The van der Waals surface area contributed by atoms with Gasteiger partial charge >= 0.3 is 12.3 Å². The van der Waals surface area contributed by atoms with E-state index in [1.54, 1.807) is 13.8 Å². The Morgan fingerprint density at radius 3 is 2.10 bits per heavy atom. The minimum absolute atomic E-state index is 0.0384. The van der Waals surface area contributed by atoms with Crippen LogP contribution < -0.4 is 10.1 Å². The van der Waals surface area contributed by atoms with Gasteiger partial charge in [-0.3, -0.25) is 4.79 Å². The van der Waals surface area contributed by atoms with Crippen molar-refractivity contribution < 1.29 is 32.6 Å². The molecule has 0 saturated heterocycles. The van der Waals surface area contributed by atoms with Gasteiger partial charge in [0.05, 0.1) is 0 Å². The lowest BCUT2D eigenvalue weighted by Gasteiger charge is -2.18. The van der Waals surface area contributed by atoms with E-state index in [0.717, 1.165) is 24.3 Å². The number of amides is 1. The maximum absolute atomic E-state index is 12.0.